The summed E-state index contributed by atoms with van der Waals surface area (Å²) in [6.07, 6.45) is -0.302. The molecule has 3 amide bonds. The Balaban J connectivity index is 1.36. The van der Waals surface area contributed by atoms with Gasteiger partial charge in [0, 0.05) is 37.5 Å². The van der Waals surface area contributed by atoms with Gasteiger partial charge in [-0.3, -0.25) is 24.0 Å². The molecule has 44 heavy (non-hydrogen) atoms. The van der Waals surface area contributed by atoms with Gasteiger partial charge in [-0.1, -0.05) is 36.4 Å². The largest absolute Gasteiger partial charge is 0.505 e. The second kappa shape index (κ2) is 10.3. The number of nitrogens with one attached hydrogen (secondary N) is 2. The van der Waals surface area contributed by atoms with Crippen LogP contribution in [0.4, 0.5) is 21.9 Å². The minimum atomic E-state index is -2.74. The second-order valence-electron chi connectivity index (χ2n) is 11.9. The van der Waals surface area contributed by atoms with Gasteiger partial charge >= 0.3 is 6.03 Å². The topological polar surface area (TPSA) is 196 Å². The van der Waals surface area contributed by atoms with Crippen molar-refractivity contribution in [2.24, 2.45) is 29.4 Å². The van der Waals surface area contributed by atoms with E-state index in [1.54, 1.807) is 31.1 Å². The van der Waals surface area contributed by atoms with Crippen LogP contribution >= 0.6 is 0 Å². The number of Topliss-reactive ketones (excluding diaryl/α,β-unsaturated/α-hetero) is 4. The van der Waals surface area contributed by atoms with Crippen LogP contribution in [0.2, 0.25) is 0 Å². The maximum absolute atomic E-state index is 14.0. The number of hydrogen-bond donors (Lipinski definition) is 5. The van der Waals surface area contributed by atoms with Gasteiger partial charge in [-0.05, 0) is 41.8 Å². The fourth-order valence-corrected chi connectivity index (χ4v) is 7.12. The number of carbonyl (C=O) groups excluding carboxylic acids is 6. The molecule has 0 radical (unpaired) electrons. The summed E-state index contributed by atoms with van der Waals surface area (Å²) in [5, 5.41) is 29.8. The Labute approximate surface area is 251 Å². The molecule has 6 N–H and O–H groups in total. The molecule has 3 aromatic rings. The van der Waals surface area contributed by atoms with Gasteiger partial charge < -0.3 is 31.5 Å². The molecule has 2 saturated carbocycles. The molecular weight excluding hydrogens is 568 g/mol. The van der Waals surface area contributed by atoms with E-state index in [4.69, 9.17) is 5.73 Å². The zero-order chi connectivity index (χ0) is 31.7. The summed E-state index contributed by atoms with van der Waals surface area (Å²) in [4.78, 5) is 80.3. The molecule has 0 bridgehead atoms. The van der Waals surface area contributed by atoms with Crippen LogP contribution in [0, 0.1) is 23.7 Å². The summed E-state index contributed by atoms with van der Waals surface area (Å²) < 4.78 is 0. The van der Waals surface area contributed by atoms with Crippen molar-refractivity contribution >= 4 is 62.9 Å². The minimum absolute atomic E-state index is 0.0118. The summed E-state index contributed by atoms with van der Waals surface area (Å²) in [6, 6.07) is 13.7. The molecule has 3 aromatic carbocycles. The Morgan fingerprint density at radius 2 is 1.64 bits per heavy atom. The van der Waals surface area contributed by atoms with Crippen LogP contribution in [0.1, 0.15) is 28.8 Å². The number of anilines is 3. The highest BCUT2D eigenvalue weighted by Crippen LogP contribution is 2.52. The summed E-state index contributed by atoms with van der Waals surface area (Å²) in [5.41, 5.74) is 3.66. The predicted molar refractivity (Wildman–Crippen MR) is 159 cm³/mol. The van der Waals surface area contributed by atoms with Gasteiger partial charge in [0.25, 0.3) is 0 Å². The van der Waals surface area contributed by atoms with Crippen molar-refractivity contribution in [1.82, 2.24) is 0 Å². The molecule has 12 heteroatoms. The van der Waals surface area contributed by atoms with Crippen LogP contribution in [0.25, 0.3) is 10.8 Å². The Kier molecular flexibility index (Phi) is 6.76. The molecule has 226 valence electrons. The minimum Gasteiger partial charge on any atom is -0.505 e. The second-order valence-corrected chi connectivity index (χ2v) is 11.9. The molecule has 0 spiro atoms. The van der Waals surface area contributed by atoms with Crippen molar-refractivity contribution in [1.29, 1.82) is 0 Å². The van der Waals surface area contributed by atoms with Crippen LogP contribution in [-0.4, -0.2) is 65.0 Å². The lowest BCUT2D eigenvalue weighted by Crippen LogP contribution is -2.68. The van der Waals surface area contributed by atoms with Gasteiger partial charge in [-0.15, -0.1) is 0 Å². The third kappa shape index (κ3) is 4.24. The normalized spacial score (nSPS) is 26.0. The standard InChI is InChI=1S/C32H30N4O8/c1-36(2)21-13-20(35-31(43)34-19-9-5-7-14-6-3-4-8-17(14)19)26(38)24-18(21)11-15-10-16-12-22(37)25(30(33)42)29(41)32(16,44)28(40)23(15)27(24)39/h3-9,13,15-16,23,25,38,44H,10-12H2,1-2H3,(H2,33,42)(H2,34,35,43)/t15-,16+,23?,25?,32+/m1/s1. The third-order valence-electron chi connectivity index (χ3n) is 9.15. The van der Waals surface area contributed by atoms with Crippen molar-refractivity contribution in [2.45, 2.75) is 24.9 Å². The van der Waals surface area contributed by atoms with Gasteiger partial charge in [0.2, 0.25) is 5.91 Å². The average molecular weight is 599 g/mol. The quantitative estimate of drug-likeness (QED) is 0.221. The first-order chi connectivity index (χ1) is 20.8. The highest BCUT2D eigenvalue weighted by Gasteiger charge is 2.66. The van der Waals surface area contributed by atoms with Crippen LogP contribution < -0.4 is 21.3 Å². The van der Waals surface area contributed by atoms with E-state index in [0.717, 1.165) is 10.8 Å². The summed E-state index contributed by atoms with van der Waals surface area (Å²) in [5.74, 6) is -11.1. The maximum atomic E-state index is 14.0. The Hall–Kier alpha value is -5.10. The number of primary amides is 1. The number of nitrogens with two attached hydrogens (primary N) is 1. The number of benzene rings is 3. The highest BCUT2D eigenvalue weighted by molar-refractivity contribution is 6.31. The molecule has 12 nitrogen and oxygen atoms in total. The zero-order valence-corrected chi connectivity index (χ0v) is 23.9. The summed E-state index contributed by atoms with van der Waals surface area (Å²) in [7, 11) is 3.44. The first kappa shape index (κ1) is 29.0. The van der Waals surface area contributed by atoms with E-state index < -0.39 is 76.5 Å². The van der Waals surface area contributed by atoms with Crippen LogP contribution in [0.5, 0.6) is 5.75 Å². The number of nitrogens with zero attached hydrogens (tertiary/aromatic N) is 1. The molecule has 0 saturated heterocycles. The number of hydrogen-bond acceptors (Lipinski definition) is 9. The molecule has 3 aliphatic rings. The predicted octanol–water partition coefficient (Wildman–Crippen LogP) is 2.19. The number of carbonyl (C=O) groups is 6. The highest BCUT2D eigenvalue weighted by atomic mass is 16.3. The van der Waals surface area contributed by atoms with Crippen LogP contribution in [0.3, 0.4) is 0 Å². The molecule has 3 aliphatic carbocycles. The van der Waals surface area contributed by atoms with Crippen molar-refractivity contribution < 1.29 is 39.0 Å². The number of phenolic OH excluding ortho intramolecular Hbond substituents is 1. The zero-order valence-electron chi connectivity index (χ0n) is 23.9. The fourth-order valence-electron chi connectivity index (χ4n) is 7.12. The lowest BCUT2D eigenvalue weighted by Gasteiger charge is -2.48. The molecule has 0 aromatic heterocycles. The van der Waals surface area contributed by atoms with Crippen molar-refractivity contribution in [3.8, 4) is 5.75 Å². The monoisotopic (exact) mass is 598 g/mol. The number of rotatable bonds is 4. The maximum Gasteiger partial charge on any atom is 0.323 e. The third-order valence-corrected chi connectivity index (χ3v) is 9.15. The average Bonchev–Trinajstić information content (AvgIpc) is 2.96. The van der Waals surface area contributed by atoms with E-state index in [0.29, 0.717) is 16.9 Å². The number of urea groups is 1. The van der Waals surface area contributed by atoms with E-state index in [2.05, 4.69) is 10.6 Å². The van der Waals surface area contributed by atoms with Gasteiger partial charge in [-0.25, -0.2) is 4.79 Å². The number of ketones is 4. The van der Waals surface area contributed by atoms with E-state index in [1.807, 2.05) is 30.3 Å². The van der Waals surface area contributed by atoms with E-state index >= 15 is 0 Å². The first-order valence-electron chi connectivity index (χ1n) is 14.1. The molecular formula is C32H30N4O8. The fraction of sp³-hybridized carbons (Fsp3) is 0.312. The Morgan fingerprint density at radius 1 is 0.955 bits per heavy atom. The smallest absolute Gasteiger partial charge is 0.323 e. The SMILES string of the molecule is CN(C)c1cc(NC(=O)Nc2cccc3ccccc23)c(O)c2c1C[C@H]1C[C@H]3CC(=O)C(C(N)=O)C(=O)[C@@]3(O)C(=O)C1C2=O. The molecule has 0 heterocycles. The van der Waals surface area contributed by atoms with Gasteiger partial charge in [0.1, 0.15) is 5.75 Å². The number of aromatic hydroxyl groups is 1. The van der Waals surface area contributed by atoms with Crippen molar-refractivity contribution in [3.63, 3.8) is 0 Å². The Bertz CT molecular complexity index is 1810. The van der Waals surface area contributed by atoms with Crippen molar-refractivity contribution in [3.05, 3.63) is 59.7 Å². The molecule has 0 aliphatic heterocycles. The van der Waals surface area contributed by atoms with Gasteiger partial charge in [0.15, 0.2) is 34.7 Å². The van der Waals surface area contributed by atoms with Crippen molar-refractivity contribution in [2.75, 3.05) is 29.6 Å². The molecule has 2 fully saturated rings. The summed E-state index contributed by atoms with van der Waals surface area (Å²) in [6.45, 7) is 0. The lowest BCUT2D eigenvalue weighted by atomic mass is 9.53. The first-order valence-corrected chi connectivity index (χ1v) is 14.1. The number of phenols is 1. The number of aliphatic hydroxyl groups is 1. The van der Waals surface area contributed by atoms with Gasteiger partial charge in [0.05, 0.1) is 22.9 Å². The number of fused-ring (bicyclic) bond motifs is 4. The van der Waals surface area contributed by atoms with E-state index in [9.17, 15) is 39.0 Å². The van der Waals surface area contributed by atoms with Gasteiger partial charge in [-0.2, -0.15) is 0 Å². The van der Waals surface area contributed by atoms with E-state index in [-0.39, 0.29) is 24.1 Å². The van der Waals surface area contributed by atoms with Crippen LogP contribution in [-0.2, 0) is 25.6 Å². The van der Waals surface area contributed by atoms with E-state index in [1.165, 1.54) is 6.07 Å². The lowest BCUT2D eigenvalue weighted by molar-refractivity contribution is -0.175. The van der Waals surface area contributed by atoms with Crippen LogP contribution in [0.15, 0.2) is 48.5 Å². The molecule has 6 rings (SSSR count). The summed E-state index contributed by atoms with van der Waals surface area (Å²) >= 11 is 0. The Morgan fingerprint density at radius 3 is 2.34 bits per heavy atom. The molecule has 5 atom stereocenters. The molecule has 2 unspecified atom stereocenters. The number of amides is 3.